The highest BCUT2D eigenvalue weighted by Crippen LogP contribution is 2.19. The molecule has 5 nitrogen and oxygen atoms in total. The maximum atomic E-state index is 12.2. The van der Waals surface area contributed by atoms with Gasteiger partial charge in [0.2, 0.25) is 11.0 Å². The van der Waals surface area contributed by atoms with Gasteiger partial charge in [-0.25, -0.2) is 4.98 Å². The number of aryl methyl sites for hydroxylation is 1. The van der Waals surface area contributed by atoms with Gasteiger partial charge >= 0.3 is 0 Å². The second-order valence-corrected chi connectivity index (χ2v) is 7.64. The Balaban J connectivity index is 1.52. The third kappa shape index (κ3) is 5.26. The lowest BCUT2D eigenvalue weighted by molar-refractivity contribution is -0.120. The van der Waals surface area contributed by atoms with E-state index in [9.17, 15) is 4.79 Å². The number of carbonyl (C=O) groups excluding carboxylic acids is 1. The summed E-state index contributed by atoms with van der Waals surface area (Å²) in [5.41, 5.74) is 2.45. The fourth-order valence-corrected chi connectivity index (χ4v) is 3.81. The molecule has 0 spiro atoms. The smallest absolute Gasteiger partial charge is 0.239 e. The van der Waals surface area contributed by atoms with E-state index in [-0.39, 0.29) is 5.91 Å². The average molecular weight is 359 g/mol. The van der Waals surface area contributed by atoms with Crippen LogP contribution in [0.5, 0.6) is 0 Å². The van der Waals surface area contributed by atoms with Crippen molar-refractivity contribution in [2.75, 3.05) is 18.5 Å². The van der Waals surface area contributed by atoms with Gasteiger partial charge in [0.25, 0.3) is 0 Å². The van der Waals surface area contributed by atoms with Crippen molar-refractivity contribution in [1.29, 1.82) is 0 Å². The molecule has 1 aliphatic carbocycles. The summed E-state index contributed by atoms with van der Waals surface area (Å²) in [6.45, 7) is 2.41. The molecule has 0 radical (unpaired) electrons. The third-order valence-corrected chi connectivity index (χ3v) is 5.49. The van der Waals surface area contributed by atoms with Gasteiger partial charge in [0, 0.05) is 31.0 Å². The minimum Gasteiger partial charge on any atom is -0.352 e. The number of rotatable bonds is 6. The summed E-state index contributed by atoms with van der Waals surface area (Å²) in [7, 11) is 1.90. The summed E-state index contributed by atoms with van der Waals surface area (Å²) < 4.78 is 4.44. The SMILES string of the molecule is Cc1ccc(Cc2nsc(N(C)CC(=O)NC3CCCCC3)n2)cc1. The molecule has 1 saturated carbocycles. The number of nitrogens with one attached hydrogen (secondary N) is 1. The highest BCUT2D eigenvalue weighted by molar-refractivity contribution is 7.09. The fraction of sp³-hybridized carbons (Fsp3) is 0.526. The zero-order valence-corrected chi connectivity index (χ0v) is 15.8. The molecule has 1 aromatic heterocycles. The minimum atomic E-state index is 0.0738. The lowest BCUT2D eigenvalue weighted by atomic mass is 9.95. The molecule has 1 N–H and O–H groups in total. The maximum absolute atomic E-state index is 12.2. The van der Waals surface area contributed by atoms with E-state index in [4.69, 9.17) is 0 Å². The first-order valence-electron chi connectivity index (χ1n) is 8.99. The van der Waals surface area contributed by atoms with Crippen molar-refractivity contribution in [3.05, 3.63) is 41.2 Å². The summed E-state index contributed by atoms with van der Waals surface area (Å²) >= 11 is 1.35. The highest BCUT2D eigenvalue weighted by atomic mass is 32.1. The Kier molecular flexibility index (Phi) is 6.02. The Morgan fingerprint density at radius 2 is 1.96 bits per heavy atom. The van der Waals surface area contributed by atoms with Crippen molar-refractivity contribution in [1.82, 2.24) is 14.7 Å². The zero-order chi connectivity index (χ0) is 17.6. The number of aromatic nitrogens is 2. The summed E-state index contributed by atoms with van der Waals surface area (Å²) in [5.74, 6) is 0.882. The summed E-state index contributed by atoms with van der Waals surface area (Å²) in [6, 6.07) is 8.77. The van der Waals surface area contributed by atoms with Gasteiger partial charge in [0.05, 0.1) is 6.54 Å². The van der Waals surface area contributed by atoms with Crippen molar-refractivity contribution in [3.63, 3.8) is 0 Å². The Hall–Kier alpha value is -1.95. The van der Waals surface area contributed by atoms with E-state index in [1.807, 2.05) is 11.9 Å². The van der Waals surface area contributed by atoms with Crippen LogP contribution < -0.4 is 10.2 Å². The third-order valence-electron chi connectivity index (χ3n) is 4.62. The first-order chi connectivity index (χ1) is 12.1. The predicted molar refractivity (Wildman–Crippen MR) is 102 cm³/mol. The largest absolute Gasteiger partial charge is 0.352 e. The number of likely N-dealkylation sites (N-methyl/N-ethyl adjacent to an activating group) is 1. The van der Waals surface area contributed by atoms with Gasteiger partial charge < -0.3 is 10.2 Å². The van der Waals surface area contributed by atoms with E-state index in [0.717, 1.165) is 30.2 Å². The number of anilines is 1. The molecule has 1 fully saturated rings. The standard InChI is InChI=1S/C19H26N4OS/c1-14-8-10-15(11-9-14)12-17-21-19(25-22-17)23(2)13-18(24)20-16-6-4-3-5-7-16/h8-11,16H,3-7,12-13H2,1-2H3,(H,20,24). The molecule has 2 aromatic rings. The zero-order valence-electron chi connectivity index (χ0n) is 15.0. The van der Waals surface area contributed by atoms with Crippen molar-refractivity contribution >= 4 is 22.6 Å². The normalized spacial score (nSPS) is 15.1. The highest BCUT2D eigenvalue weighted by Gasteiger charge is 2.18. The summed E-state index contributed by atoms with van der Waals surface area (Å²) in [6.07, 6.45) is 6.67. The molecule has 3 rings (SSSR count). The quantitative estimate of drug-likeness (QED) is 0.860. The molecule has 0 bridgehead atoms. The first kappa shape index (κ1) is 17.9. The van der Waals surface area contributed by atoms with E-state index < -0.39 is 0 Å². The molecule has 1 heterocycles. The van der Waals surface area contributed by atoms with E-state index in [2.05, 4.69) is 45.9 Å². The topological polar surface area (TPSA) is 58.1 Å². The lowest BCUT2D eigenvalue weighted by Crippen LogP contribution is -2.41. The fourth-order valence-electron chi connectivity index (χ4n) is 3.16. The average Bonchev–Trinajstić information content (AvgIpc) is 3.06. The number of benzene rings is 1. The van der Waals surface area contributed by atoms with Gasteiger partial charge in [0.1, 0.15) is 5.82 Å². The Labute approximate surface area is 153 Å². The second-order valence-electron chi connectivity index (χ2n) is 6.91. The molecule has 134 valence electrons. The van der Waals surface area contributed by atoms with Crippen LogP contribution in [0.2, 0.25) is 0 Å². The number of carbonyl (C=O) groups is 1. The number of amides is 1. The Morgan fingerprint density at radius 3 is 2.68 bits per heavy atom. The molecule has 1 aliphatic rings. The van der Waals surface area contributed by atoms with Gasteiger partial charge in [-0.15, -0.1) is 0 Å². The molecule has 6 heteroatoms. The van der Waals surface area contributed by atoms with Crippen LogP contribution in [0.15, 0.2) is 24.3 Å². The van der Waals surface area contributed by atoms with Gasteiger partial charge in [-0.2, -0.15) is 4.37 Å². The van der Waals surface area contributed by atoms with Gasteiger partial charge in [0.15, 0.2) is 0 Å². The Bertz CT molecular complexity index is 692. The Morgan fingerprint density at radius 1 is 1.24 bits per heavy atom. The number of hydrogen-bond acceptors (Lipinski definition) is 5. The van der Waals surface area contributed by atoms with E-state index in [0.29, 0.717) is 12.6 Å². The van der Waals surface area contributed by atoms with Crippen LogP contribution in [0, 0.1) is 6.92 Å². The number of hydrogen-bond donors (Lipinski definition) is 1. The van der Waals surface area contributed by atoms with Crippen LogP contribution in [0.1, 0.15) is 49.1 Å². The molecular weight excluding hydrogens is 332 g/mol. The van der Waals surface area contributed by atoms with E-state index in [1.54, 1.807) is 0 Å². The molecule has 1 amide bonds. The summed E-state index contributed by atoms with van der Waals surface area (Å²) in [5, 5.41) is 3.94. The maximum Gasteiger partial charge on any atom is 0.239 e. The first-order valence-corrected chi connectivity index (χ1v) is 9.76. The molecule has 0 atom stereocenters. The van der Waals surface area contributed by atoms with Gasteiger partial charge in [-0.05, 0) is 25.3 Å². The van der Waals surface area contributed by atoms with Crippen LogP contribution >= 0.6 is 11.5 Å². The van der Waals surface area contributed by atoms with E-state index >= 15 is 0 Å². The van der Waals surface area contributed by atoms with Crippen LogP contribution in [0.3, 0.4) is 0 Å². The van der Waals surface area contributed by atoms with Gasteiger partial charge in [-0.1, -0.05) is 49.1 Å². The lowest BCUT2D eigenvalue weighted by Gasteiger charge is -2.24. The molecule has 0 unspecified atom stereocenters. The van der Waals surface area contributed by atoms with Crippen LogP contribution in [0.25, 0.3) is 0 Å². The molecular formula is C19H26N4OS. The minimum absolute atomic E-state index is 0.0738. The predicted octanol–water partition coefficient (Wildman–Crippen LogP) is 3.32. The van der Waals surface area contributed by atoms with Crippen molar-refractivity contribution < 1.29 is 4.79 Å². The van der Waals surface area contributed by atoms with Crippen LogP contribution in [-0.2, 0) is 11.2 Å². The summed E-state index contributed by atoms with van der Waals surface area (Å²) in [4.78, 5) is 18.7. The van der Waals surface area contributed by atoms with Crippen molar-refractivity contribution in [2.24, 2.45) is 0 Å². The van der Waals surface area contributed by atoms with Crippen LogP contribution in [0.4, 0.5) is 5.13 Å². The number of nitrogens with zero attached hydrogens (tertiary/aromatic N) is 3. The molecule has 25 heavy (non-hydrogen) atoms. The molecule has 0 aliphatic heterocycles. The van der Waals surface area contributed by atoms with Crippen molar-refractivity contribution in [3.8, 4) is 0 Å². The van der Waals surface area contributed by atoms with Gasteiger partial charge in [-0.3, -0.25) is 4.79 Å². The van der Waals surface area contributed by atoms with Crippen molar-refractivity contribution in [2.45, 2.75) is 51.5 Å². The van der Waals surface area contributed by atoms with E-state index in [1.165, 1.54) is 41.9 Å². The van der Waals surface area contributed by atoms with Crippen LogP contribution in [-0.4, -0.2) is 34.9 Å². The second kappa shape index (κ2) is 8.43. The monoisotopic (exact) mass is 358 g/mol. The molecule has 0 saturated heterocycles. The molecule has 1 aromatic carbocycles.